The molecule has 0 bridgehead atoms. The van der Waals surface area contributed by atoms with E-state index in [1.54, 1.807) is 6.07 Å². The van der Waals surface area contributed by atoms with Gasteiger partial charge in [0, 0.05) is 32.2 Å². The summed E-state index contributed by atoms with van der Waals surface area (Å²) in [5.41, 5.74) is 2.92. The minimum Gasteiger partial charge on any atom is -0.364 e. The molecule has 2 heterocycles. The van der Waals surface area contributed by atoms with Crippen molar-refractivity contribution in [2.75, 3.05) is 26.2 Å². The summed E-state index contributed by atoms with van der Waals surface area (Å²) in [5, 5.41) is 3.76. The molecule has 1 aliphatic heterocycles. The number of amides is 1. The summed E-state index contributed by atoms with van der Waals surface area (Å²) in [6.07, 6.45) is 1.43. The first-order valence-corrected chi connectivity index (χ1v) is 8.86. The maximum atomic E-state index is 12.5. The normalized spacial score (nSPS) is 15.3. The highest BCUT2D eigenvalue weighted by atomic mass is 16.5. The Kier molecular flexibility index (Phi) is 4.80. The molecular formula is C21H21N3O2. The lowest BCUT2D eigenvalue weighted by molar-refractivity contribution is 0.0587. The van der Waals surface area contributed by atoms with E-state index in [2.05, 4.69) is 58.6 Å². The van der Waals surface area contributed by atoms with Crippen LogP contribution in [0.2, 0.25) is 0 Å². The fourth-order valence-corrected chi connectivity index (χ4v) is 3.55. The average molecular weight is 347 g/mol. The maximum Gasteiger partial charge on any atom is 0.276 e. The molecule has 5 nitrogen and oxygen atoms in total. The summed E-state index contributed by atoms with van der Waals surface area (Å²) in [5.74, 6) is -0.0608. The molecule has 1 saturated heterocycles. The van der Waals surface area contributed by atoms with E-state index in [4.69, 9.17) is 4.52 Å². The third kappa shape index (κ3) is 3.39. The van der Waals surface area contributed by atoms with Crippen LogP contribution < -0.4 is 0 Å². The monoisotopic (exact) mass is 347 g/mol. The first kappa shape index (κ1) is 16.5. The number of benzene rings is 2. The molecule has 26 heavy (non-hydrogen) atoms. The fourth-order valence-electron chi connectivity index (χ4n) is 3.55. The third-order valence-electron chi connectivity index (χ3n) is 4.85. The summed E-state index contributed by atoms with van der Waals surface area (Å²) in [7, 11) is 0. The molecule has 1 fully saturated rings. The summed E-state index contributed by atoms with van der Waals surface area (Å²) in [6.45, 7) is 3.00. The molecule has 0 unspecified atom stereocenters. The third-order valence-corrected chi connectivity index (χ3v) is 4.85. The highest BCUT2D eigenvalue weighted by Crippen LogP contribution is 2.29. The lowest BCUT2D eigenvalue weighted by atomic mass is 9.96. The van der Waals surface area contributed by atoms with Crippen LogP contribution in [0.15, 0.2) is 77.5 Å². The van der Waals surface area contributed by atoms with Crippen molar-refractivity contribution in [1.82, 2.24) is 15.0 Å². The van der Waals surface area contributed by atoms with Gasteiger partial charge in [-0.3, -0.25) is 9.69 Å². The van der Waals surface area contributed by atoms with E-state index in [9.17, 15) is 4.79 Å². The topological polar surface area (TPSA) is 49.6 Å². The highest BCUT2D eigenvalue weighted by molar-refractivity contribution is 5.92. The Morgan fingerprint density at radius 1 is 0.846 bits per heavy atom. The van der Waals surface area contributed by atoms with Gasteiger partial charge in [0.1, 0.15) is 6.26 Å². The quantitative estimate of drug-likeness (QED) is 0.727. The van der Waals surface area contributed by atoms with Gasteiger partial charge >= 0.3 is 0 Å². The zero-order chi connectivity index (χ0) is 17.8. The molecule has 0 N–H and O–H groups in total. The van der Waals surface area contributed by atoms with Crippen molar-refractivity contribution in [3.63, 3.8) is 0 Å². The van der Waals surface area contributed by atoms with Gasteiger partial charge in [0.05, 0.1) is 6.04 Å². The number of piperazine rings is 1. The van der Waals surface area contributed by atoms with Gasteiger partial charge in [-0.25, -0.2) is 0 Å². The van der Waals surface area contributed by atoms with Crippen LogP contribution in [0.25, 0.3) is 0 Å². The van der Waals surface area contributed by atoms with Gasteiger partial charge in [0.2, 0.25) is 0 Å². The molecule has 0 saturated carbocycles. The first-order chi connectivity index (χ1) is 12.8. The van der Waals surface area contributed by atoms with E-state index in [1.807, 2.05) is 17.0 Å². The molecule has 4 rings (SSSR count). The summed E-state index contributed by atoms with van der Waals surface area (Å²) in [4.78, 5) is 16.8. The van der Waals surface area contributed by atoms with Crippen molar-refractivity contribution in [3.8, 4) is 0 Å². The van der Waals surface area contributed by atoms with Gasteiger partial charge < -0.3 is 9.42 Å². The van der Waals surface area contributed by atoms with Crippen molar-refractivity contribution in [2.45, 2.75) is 6.04 Å². The standard InChI is InChI=1S/C21H21N3O2/c25-21(19-11-16-26-22-19)24-14-12-23(13-15-24)20(17-7-3-1-4-8-17)18-9-5-2-6-10-18/h1-11,16,20H,12-15H2. The molecule has 2 aromatic carbocycles. The van der Waals surface area contributed by atoms with Crippen molar-refractivity contribution in [1.29, 1.82) is 0 Å². The zero-order valence-electron chi connectivity index (χ0n) is 14.5. The molecule has 1 aromatic heterocycles. The zero-order valence-corrected chi connectivity index (χ0v) is 14.5. The molecule has 0 atom stereocenters. The van der Waals surface area contributed by atoms with Crippen LogP contribution in [0.1, 0.15) is 27.7 Å². The summed E-state index contributed by atoms with van der Waals surface area (Å²) in [6, 6.07) is 22.9. The molecule has 1 amide bonds. The Morgan fingerprint density at radius 2 is 1.42 bits per heavy atom. The van der Waals surface area contributed by atoms with Gasteiger partial charge in [-0.1, -0.05) is 65.8 Å². The van der Waals surface area contributed by atoms with Gasteiger partial charge in [0.25, 0.3) is 5.91 Å². The molecule has 132 valence electrons. The molecular weight excluding hydrogens is 326 g/mol. The van der Waals surface area contributed by atoms with Crippen LogP contribution in [0.3, 0.4) is 0 Å². The van der Waals surface area contributed by atoms with Crippen molar-refractivity contribution >= 4 is 5.91 Å². The lowest BCUT2D eigenvalue weighted by Gasteiger charge is -2.39. The van der Waals surface area contributed by atoms with Gasteiger partial charge in [-0.2, -0.15) is 0 Å². The maximum absolute atomic E-state index is 12.5. The summed E-state index contributed by atoms with van der Waals surface area (Å²) >= 11 is 0. The Labute approximate surface area is 152 Å². The number of nitrogens with zero attached hydrogens (tertiary/aromatic N) is 3. The van der Waals surface area contributed by atoms with Crippen LogP contribution in [0, 0.1) is 0 Å². The summed E-state index contributed by atoms with van der Waals surface area (Å²) < 4.78 is 4.79. The molecule has 1 aliphatic rings. The number of hydrogen-bond donors (Lipinski definition) is 0. The van der Waals surface area contributed by atoms with E-state index >= 15 is 0 Å². The van der Waals surface area contributed by atoms with Gasteiger partial charge in [-0.05, 0) is 11.1 Å². The van der Waals surface area contributed by atoms with Crippen LogP contribution in [0.5, 0.6) is 0 Å². The van der Waals surface area contributed by atoms with Gasteiger partial charge in [-0.15, -0.1) is 0 Å². The number of carbonyl (C=O) groups is 1. The van der Waals surface area contributed by atoms with Gasteiger partial charge in [0.15, 0.2) is 5.69 Å². The second-order valence-corrected chi connectivity index (χ2v) is 6.44. The molecule has 5 heteroatoms. The minimum absolute atomic E-state index is 0.0608. The Morgan fingerprint density at radius 3 is 1.92 bits per heavy atom. The van der Waals surface area contributed by atoms with E-state index < -0.39 is 0 Å². The molecule has 0 aliphatic carbocycles. The highest BCUT2D eigenvalue weighted by Gasteiger charge is 2.29. The molecule has 0 spiro atoms. The average Bonchev–Trinajstić information content (AvgIpc) is 3.25. The number of carbonyl (C=O) groups excluding carboxylic acids is 1. The second kappa shape index (κ2) is 7.54. The Hall–Kier alpha value is -2.92. The Balaban J connectivity index is 1.52. The molecule has 3 aromatic rings. The number of hydrogen-bond acceptors (Lipinski definition) is 4. The van der Waals surface area contributed by atoms with Crippen LogP contribution >= 0.6 is 0 Å². The first-order valence-electron chi connectivity index (χ1n) is 8.86. The minimum atomic E-state index is -0.0608. The second-order valence-electron chi connectivity index (χ2n) is 6.44. The van der Waals surface area contributed by atoms with E-state index in [-0.39, 0.29) is 11.9 Å². The van der Waals surface area contributed by atoms with E-state index in [0.717, 1.165) is 13.1 Å². The predicted molar refractivity (Wildman–Crippen MR) is 98.7 cm³/mol. The SMILES string of the molecule is O=C(c1ccon1)N1CCN(C(c2ccccc2)c2ccccc2)CC1. The van der Waals surface area contributed by atoms with Crippen molar-refractivity contribution in [3.05, 3.63) is 89.8 Å². The Bertz CT molecular complexity index is 787. The number of aromatic nitrogens is 1. The van der Waals surface area contributed by atoms with Crippen molar-refractivity contribution in [2.24, 2.45) is 0 Å². The fraction of sp³-hybridized carbons (Fsp3) is 0.238. The van der Waals surface area contributed by atoms with Crippen LogP contribution in [-0.2, 0) is 0 Å². The van der Waals surface area contributed by atoms with Crippen LogP contribution in [0.4, 0.5) is 0 Å². The largest absolute Gasteiger partial charge is 0.364 e. The van der Waals surface area contributed by atoms with Crippen molar-refractivity contribution < 1.29 is 9.32 Å². The molecule has 0 radical (unpaired) electrons. The van der Waals surface area contributed by atoms with E-state index in [0.29, 0.717) is 18.8 Å². The number of rotatable bonds is 4. The lowest BCUT2D eigenvalue weighted by Crippen LogP contribution is -2.49. The van der Waals surface area contributed by atoms with E-state index in [1.165, 1.54) is 17.4 Å². The smallest absolute Gasteiger partial charge is 0.276 e. The van der Waals surface area contributed by atoms with Crippen LogP contribution in [-0.4, -0.2) is 47.0 Å². The predicted octanol–water partition coefficient (Wildman–Crippen LogP) is 3.22.